The summed E-state index contributed by atoms with van der Waals surface area (Å²) in [7, 11) is 0.125. The van der Waals surface area contributed by atoms with Crippen LogP contribution in [0.4, 0.5) is 4.79 Å². The van der Waals surface area contributed by atoms with E-state index < -0.39 is 17.0 Å². The van der Waals surface area contributed by atoms with E-state index in [0.29, 0.717) is 17.3 Å². The molecule has 0 saturated carbocycles. The summed E-state index contributed by atoms with van der Waals surface area (Å²) in [6.45, 7) is 2.20. The SMILES string of the molecule is CCCCOC(=O)OCn1c(S(=O)C2CCCCc3c(OC)ccnc32)nc2ccccc21. The minimum absolute atomic E-state index is 0.127. The van der Waals surface area contributed by atoms with E-state index in [2.05, 4.69) is 9.97 Å². The van der Waals surface area contributed by atoms with Gasteiger partial charge in [-0.1, -0.05) is 31.9 Å². The van der Waals surface area contributed by atoms with E-state index in [-0.39, 0.29) is 12.0 Å². The fourth-order valence-electron chi connectivity index (χ4n) is 4.10. The number of nitrogens with zero attached hydrogens (tertiary/aromatic N) is 3. The molecule has 4 rings (SSSR count). The number of benzene rings is 1. The third-order valence-corrected chi connectivity index (χ3v) is 7.45. The number of methoxy groups -OCH3 is 1. The molecule has 33 heavy (non-hydrogen) atoms. The van der Waals surface area contributed by atoms with Crippen LogP contribution in [0, 0.1) is 0 Å². The molecule has 1 aliphatic rings. The predicted molar refractivity (Wildman–Crippen MR) is 125 cm³/mol. The van der Waals surface area contributed by atoms with Crippen molar-refractivity contribution in [2.24, 2.45) is 0 Å². The van der Waals surface area contributed by atoms with Crippen molar-refractivity contribution in [1.29, 1.82) is 0 Å². The van der Waals surface area contributed by atoms with E-state index in [1.165, 1.54) is 0 Å². The van der Waals surface area contributed by atoms with Gasteiger partial charge in [-0.2, -0.15) is 0 Å². The molecule has 0 spiro atoms. The van der Waals surface area contributed by atoms with E-state index in [4.69, 9.17) is 14.2 Å². The van der Waals surface area contributed by atoms with Gasteiger partial charge in [0.25, 0.3) is 0 Å². The molecule has 0 saturated heterocycles. The Labute approximate surface area is 195 Å². The lowest BCUT2D eigenvalue weighted by molar-refractivity contribution is 0.0320. The zero-order valence-electron chi connectivity index (χ0n) is 19.0. The van der Waals surface area contributed by atoms with Gasteiger partial charge in [-0.15, -0.1) is 0 Å². The lowest BCUT2D eigenvalue weighted by Crippen LogP contribution is -2.17. The smallest absolute Gasteiger partial charge is 0.496 e. The fourth-order valence-corrected chi connectivity index (χ4v) is 5.70. The Morgan fingerprint density at radius 2 is 2.06 bits per heavy atom. The van der Waals surface area contributed by atoms with Crippen LogP contribution in [-0.4, -0.2) is 38.6 Å². The van der Waals surface area contributed by atoms with Crippen LogP contribution in [0.2, 0.25) is 0 Å². The summed E-state index contributed by atoms with van der Waals surface area (Å²) in [5, 5.41) is 0.0321. The number of rotatable bonds is 8. The number of pyridine rings is 1. The highest BCUT2D eigenvalue weighted by atomic mass is 32.2. The van der Waals surface area contributed by atoms with E-state index in [0.717, 1.165) is 61.0 Å². The molecule has 2 unspecified atom stereocenters. The van der Waals surface area contributed by atoms with Gasteiger partial charge in [0.15, 0.2) is 6.73 Å². The highest BCUT2D eigenvalue weighted by Crippen LogP contribution is 2.38. The third kappa shape index (κ3) is 5.03. The number of carbonyl (C=O) groups excluding carboxylic acids is 1. The molecule has 2 atom stereocenters. The Bertz CT molecular complexity index is 1150. The number of aromatic nitrogens is 3. The maximum Gasteiger partial charge on any atom is 0.510 e. The van der Waals surface area contributed by atoms with Crippen LogP contribution >= 0.6 is 0 Å². The van der Waals surface area contributed by atoms with Crippen LogP contribution in [0.25, 0.3) is 11.0 Å². The first kappa shape index (κ1) is 23.2. The van der Waals surface area contributed by atoms with Crippen LogP contribution in [-0.2, 0) is 33.4 Å². The van der Waals surface area contributed by atoms with Crippen molar-refractivity contribution in [2.75, 3.05) is 13.7 Å². The third-order valence-electron chi connectivity index (χ3n) is 5.80. The average Bonchev–Trinajstić information content (AvgIpc) is 3.06. The molecule has 1 aliphatic carbocycles. The summed E-state index contributed by atoms with van der Waals surface area (Å²) in [5.41, 5.74) is 3.24. The molecule has 0 bridgehead atoms. The molecule has 0 amide bonds. The monoisotopic (exact) mass is 471 g/mol. The molecule has 8 nitrogen and oxygen atoms in total. The predicted octanol–water partition coefficient (Wildman–Crippen LogP) is 4.93. The van der Waals surface area contributed by atoms with Crippen molar-refractivity contribution in [1.82, 2.24) is 14.5 Å². The van der Waals surface area contributed by atoms with Crippen molar-refractivity contribution in [3.05, 3.63) is 47.8 Å². The largest absolute Gasteiger partial charge is 0.510 e. The highest BCUT2D eigenvalue weighted by molar-refractivity contribution is 7.85. The van der Waals surface area contributed by atoms with Crippen LogP contribution < -0.4 is 4.74 Å². The molecule has 0 N–H and O–H groups in total. The number of ether oxygens (including phenoxy) is 3. The van der Waals surface area contributed by atoms with Crippen LogP contribution in [0.15, 0.2) is 41.7 Å². The van der Waals surface area contributed by atoms with Gasteiger partial charge < -0.3 is 14.2 Å². The Morgan fingerprint density at radius 1 is 1.21 bits per heavy atom. The Kier molecular flexibility index (Phi) is 7.59. The lowest BCUT2D eigenvalue weighted by atomic mass is 10.1. The molecule has 9 heteroatoms. The van der Waals surface area contributed by atoms with Gasteiger partial charge >= 0.3 is 6.16 Å². The molecule has 0 radical (unpaired) electrons. The van der Waals surface area contributed by atoms with E-state index in [1.54, 1.807) is 17.9 Å². The Hall–Kier alpha value is -2.94. The molecule has 1 aromatic carbocycles. The maximum atomic E-state index is 13.9. The second kappa shape index (κ2) is 10.8. The standard InChI is InChI=1S/C24H29N3O5S/c1-3-4-15-31-24(28)32-16-27-19-11-7-6-10-18(19)26-23(27)33(29)21-12-8-5-9-17-20(30-2)13-14-25-22(17)21/h6-7,10-11,13-14,21H,3-5,8-9,12,15-16H2,1-2H3. The molecule has 0 aliphatic heterocycles. The van der Waals surface area contributed by atoms with Gasteiger partial charge in [-0.05, 0) is 43.9 Å². The van der Waals surface area contributed by atoms with Crippen molar-refractivity contribution >= 4 is 28.0 Å². The second-order valence-electron chi connectivity index (χ2n) is 7.95. The Balaban J connectivity index is 1.66. The van der Waals surface area contributed by atoms with Crippen LogP contribution in [0.1, 0.15) is 55.5 Å². The van der Waals surface area contributed by atoms with Crippen molar-refractivity contribution in [3.63, 3.8) is 0 Å². The first-order chi connectivity index (χ1) is 16.1. The summed E-state index contributed by atoms with van der Waals surface area (Å²) < 4.78 is 31.6. The zero-order valence-corrected chi connectivity index (χ0v) is 19.8. The average molecular weight is 472 g/mol. The van der Waals surface area contributed by atoms with Gasteiger partial charge in [0.1, 0.15) is 5.75 Å². The molecule has 176 valence electrons. The summed E-state index contributed by atoms with van der Waals surface area (Å²) in [4.78, 5) is 21.3. The number of fused-ring (bicyclic) bond motifs is 2. The van der Waals surface area contributed by atoms with Crippen molar-refractivity contribution < 1.29 is 23.2 Å². The number of hydrogen-bond acceptors (Lipinski definition) is 7. The maximum absolute atomic E-state index is 13.9. The second-order valence-corrected chi connectivity index (χ2v) is 9.47. The van der Waals surface area contributed by atoms with Crippen LogP contribution in [0.3, 0.4) is 0 Å². The van der Waals surface area contributed by atoms with E-state index in [1.807, 2.05) is 37.3 Å². The highest BCUT2D eigenvalue weighted by Gasteiger charge is 2.31. The molecular formula is C24H29N3O5S. The van der Waals surface area contributed by atoms with Gasteiger partial charge in [-0.25, -0.2) is 9.78 Å². The first-order valence-corrected chi connectivity index (χ1v) is 12.5. The lowest BCUT2D eigenvalue weighted by Gasteiger charge is -2.18. The molecule has 0 fully saturated rings. The van der Waals surface area contributed by atoms with E-state index in [9.17, 15) is 9.00 Å². The van der Waals surface area contributed by atoms with Crippen LogP contribution in [0.5, 0.6) is 5.75 Å². The molecule has 2 heterocycles. The zero-order chi connectivity index (χ0) is 23.2. The van der Waals surface area contributed by atoms with Crippen molar-refractivity contribution in [2.45, 2.75) is 62.6 Å². The number of imidazole rings is 1. The van der Waals surface area contributed by atoms with Gasteiger partial charge in [0, 0.05) is 11.8 Å². The number of para-hydroxylation sites is 2. The summed E-state index contributed by atoms with van der Waals surface area (Å²) >= 11 is 0. The fraction of sp³-hybridized carbons (Fsp3) is 0.458. The summed E-state index contributed by atoms with van der Waals surface area (Å²) in [5.74, 6) is 0.774. The summed E-state index contributed by atoms with van der Waals surface area (Å²) in [6, 6.07) is 9.32. The van der Waals surface area contributed by atoms with Gasteiger partial charge in [-0.3, -0.25) is 13.8 Å². The minimum Gasteiger partial charge on any atom is -0.496 e. The van der Waals surface area contributed by atoms with Crippen molar-refractivity contribution in [3.8, 4) is 5.75 Å². The normalized spacial score (nSPS) is 16.6. The molecule has 3 aromatic rings. The summed E-state index contributed by atoms with van der Waals surface area (Å²) in [6.07, 6.45) is 6.12. The van der Waals surface area contributed by atoms with Gasteiger partial charge in [0.05, 0.1) is 46.5 Å². The number of carbonyl (C=O) groups is 1. The Morgan fingerprint density at radius 3 is 2.88 bits per heavy atom. The quantitative estimate of drug-likeness (QED) is 0.261. The number of hydrogen-bond donors (Lipinski definition) is 0. The number of unbranched alkanes of at least 4 members (excludes halogenated alkanes) is 1. The molecule has 2 aromatic heterocycles. The molecular weight excluding hydrogens is 442 g/mol. The minimum atomic E-state index is -1.52. The topological polar surface area (TPSA) is 92.5 Å². The first-order valence-electron chi connectivity index (χ1n) is 11.3. The van der Waals surface area contributed by atoms with Gasteiger partial charge in [0.2, 0.25) is 5.16 Å². The van der Waals surface area contributed by atoms with E-state index >= 15 is 0 Å².